The Bertz CT molecular complexity index is 1980. The van der Waals surface area contributed by atoms with E-state index in [1.165, 1.54) is 26.4 Å². The van der Waals surface area contributed by atoms with Gasteiger partial charge in [0.25, 0.3) is 0 Å². The topological polar surface area (TPSA) is 24.9 Å². The van der Waals surface area contributed by atoms with Gasteiger partial charge in [0.2, 0.25) is 0 Å². The molecular formula is C46H54F6N2O2. The van der Waals surface area contributed by atoms with E-state index in [4.69, 9.17) is 9.47 Å². The number of hydrogen-bond acceptors (Lipinski definition) is 4. The molecule has 0 bridgehead atoms. The lowest BCUT2D eigenvalue weighted by atomic mass is 9.68. The van der Waals surface area contributed by atoms with Gasteiger partial charge in [0.05, 0.1) is 25.3 Å². The molecule has 4 aliphatic heterocycles. The Kier molecular flexibility index (Phi) is 9.48. The monoisotopic (exact) mass is 780 g/mol. The molecule has 0 unspecified atom stereocenters. The van der Waals surface area contributed by atoms with Gasteiger partial charge in [-0.1, -0.05) is 79.7 Å². The third-order valence-electron chi connectivity index (χ3n) is 13.2. The minimum absolute atomic E-state index is 0.221. The van der Waals surface area contributed by atoms with E-state index < -0.39 is 34.6 Å². The van der Waals surface area contributed by atoms with Crippen molar-refractivity contribution in [1.29, 1.82) is 0 Å². The normalized spacial score (nSPS) is 20.6. The van der Waals surface area contributed by atoms with E-state index in [9.17, 15) is 26.3 Å². The van der Waals surface area contributed by atoms with Crippen molar-refractivity contribution >= 4 is 35.7 Å². The molecule has 0 saturated heterocycles. The van der Waals surface area contributed by atoms with Gasteiger partial charge in [0.1, 0.15) is 11.5 Å². The Morgan fingerprint density at radius 1 is 0.482 bits per heavy atom. The summed E-state index contributed by atoms with van der Waals surface area (Å²) in [6.07, 6.45) is -1.11. The van der Waals surface area contributed by atoms with Crippen molar-refractivity contribution in [2.24, 2.45) is 0 Å². The summed E-state index contributed by atoms with van der Waals surface area (Å²) in [4.78, 5) is 4.71. The van der Waals surface area contributed by atoms with Gasteiger partial charge in [0, 0.05) is 59.8 Å². The maximum atomic E-state index is 14.9. The smallest absolute Gasteiger partial charge is 0.417 e. The molecule has 0 spiro atoms. The summed E-state index contributed by atoms with van der Waals surface area (Å²) in [5.74, 6) is 1.06. The fourth-order valence-corrected chi connectivity index (χ4v) is 9.59. The Morgan fingerprint density at radius 2 is 0.786 bits per heavy atom. The van der Waals surface area contributed by atoms with E-state index >= 15 is 0 Å². The number of ether oxygens (including phenoxy) is 2. The Balaban J connectivity index is 1.39. The average molecular weight is 781 g/mol. The second-order valence-electron chi connectivity index (χ2n) is 18.7. The zero-order valence-corrected chi connectivity index (χ0v) is 34.3. The standard InChI is InChI=1S/C46H54F6N2O2/c1-41(2)15-19-53-21-17-43(5,6)35-37(53)33(41)25-29(39(35)55-9)13-11-27-23-32(46(50,51)52)28(24-31(27)45(47,48)49)12-14-30-26-34-38-36(40(30)56-10)44(7,8)18-22-54(38)20-16-42(34,3)4/h11-14,23-26H,15-22H2,1-10H3. The highest BCUT2D eigenvalue weighted by atomic mass is 19.4. The van der Waals surface area contributed by atoms with Crippen LogP contribution in [0.1, 0.15) is 137 Å². The first kappa shape index (κ1) is 40.1. The van der Waals surface area contributed by atoms with E-state index in [-0.39, 0.29) is 21.7 Å². The van der Waals surface area contributed by atoms with Crippen LogP contribution in [0.4, 0.5) is 37.7 Å². The van der Waals surface area contributed by atoms with Gasteiger partial charge in [-0.15, -0.1) is 0 Å². The van der Waals surface area contributed by atoms with Crippen LogP contribution in [0, 0.1) is 0 Å². The lowest BCUT2D eigenvalue weighted by molar-refractivity contribution is -0.141. The van der Waals surface area contributed by atoms with Crippen molar-refractivity contribution in [2.45, 2.75) is 115 Å². The van der Waals surface area contributed by atoms with Gasteiger partial charge in [0.15, 0.2) is 0 Å². The van der Waals surface area contributed by atoms with Gasteiger partial charge in [-0.2, -0.15) is 26.3 Å². The van der Waals surface area contributed by atoms with Crippen molar-refractivity contribution in [1.82, 2.24) is 0 Å². The molecule has 3 aromatic rings. The first-order chi connectivity index (χ1) is 25.9. The number of rotatable bonds is 6. The molecule has 0 fully saturated rings. The first-order valence-electron chi connectivity index (χ1n) is 19.6. The summed E-state index contributed by atoms with van der Waals surface area (Å²) in [5.41, 5.74) is 2.86. The summed E-state index contributed by atoms with van der Waals surface area (Å²) in [5, 5.41) is 0. The number of anilines is 2. The van der Waals surface area contributed by atoms with Crippen LogP contribution in [-0.4, -0.2) is 40.4 Å². The fraction of sp³-hybridized carbons (Fsp3) is 0.522. The third-order valence-corrected chi connectivity index (χ3v) is 13.2. The number of halogens is 6. The highest BCUT2D eigenvalue weighted by Gasteiger charge is 2.45. The van der Waals surface area contributed by atoms with Crippen LogP contribution in [0.2, 0.25) is 0 Å². The second-order valence-corrected chi connectivity index (χ2v) is 18.7. The van der Waals surface area contributed by atoms with Crippen LogP contribution in [-0.2, 0) is 34.0 Å². The summed E-state index contributed by atoms with van der Waals surface area (Å²) >= 11 is 0. The molecule has 56 heavy (non-hydrogen) atoms. The second kappa shape index (κ2) is 13.2. The Labute approximate surface area is 327 Å². The van der Waals surface area contributed by atoms with Crippen molar-refractivity contribution in [3.63, 3.8) is 0 Å². The van der Waals surface area contributed by atoms with E-state index in [0.717, 1.165) is 97.6 Å². The number of hydrogen-bond donors (Lipinski definition) is 0. The third kappa shape index (κ3) is 6.66. The van der Waals surface area contributed by atoms with E-state index in [0.29, 0.717) is 34.8 Å². The number of benzene rings is 3. The molecule has 7 rings (SSSR count). The predicted molar refractivity (Wildman–Crippen MR) is 215 cm³/mol. The molecule has 302 valence electrons. The molecule has 0 amide bonds. The van der Waals surface area contributed by atoms with Crippen molar-refractivity contribution in [3.8, 4) is 11.5 Å². The van der Waals surface area contributed by atoms with Gasteiger partial charge < -0.3 is 19.3 Å². The molecular weight excluding hydrogens is 727 g/mol. The maximum absolute atomic E-state index is 14.9. The predicted octanol–water partition coefficient (Wildman–Crippen LogP) is 12.4. The zero-order valence-electron chi connectivity index (χ0n) is 34.3. The lowest BCUT2D eigenvalue weighted by Crippen LogP contribution is -2.45. The maximum Gasteiger partial charge on any atom is 0.417 e. The summed E-state index contributed by atoms with van der Waals surface area (Å²) < 4.78 is 101. The summed E-state index contributed by atoms with van der Waals surface area (Å²) in [6, 6.07) is 5.14. The van der Waals surface area contributed by atoms with Gasteiger partial charge >= 0.3 is 12.4 Å². The molecule has 3 aromatic carbocycles. The quantitative estimate of drug-likeness (QED) is 0.184. The highest BCUT2D eigenvalue weighted by molar-refractivity contribution is 5.85. The minimum atomic E-state index is -4.94. The van der Waals surface area contributed by atoms with Crippen LogP contribution < -0.4 is 19.3 Å². The van der Waals surface area contributed by atoms with Gasteiger partial charge in [-0.25, -0.2) is 0 Å². The van der Waals surface area contributed by atoms with E-state index in [1.807, 2.05) is 12.1 Å². The molecule has 4 heterocycles. The number of methoxy groups -OCH3 is 2. The molecule has 0 aromatic heterocycles. The van der Waals surface area contributed by atoms with Crippen molar-refractivity contribution in [2.75, 3.05) is 50.2 Å². The fourth-order valence-electron chi connectivity index (χ4n) is 9.59. The summed E-state index contributed by atoms with van der Waals surface area (Å²) in [6.45, 7) is 20.7. The Hall–Kier alpha value is -4.08. The Morgan fingerprint density at radius 3 is 1.09 bits per heavy atom. The highest BCUT2D eigenvalue weighted by Crippen LogP contribution is 2.56. The molecule has 4 aliphatic rings. The van der Waals surface area contributed by atoms with Crippen molar-refractivity contribution in [3.05, 3.63) is 79.9 Å². The summed E-state index contributed by atoms with van der Waals surface area (Å²) in [7, 11) is 3.07. The average Bonchev–Trinajstić information content (AvgIpc) is 3.09. The lowest BCUT2D eigenvalue weighted by Gasteiger charge is -2.48. The molecule has 10 heteroatoms. The van der Waals surface area contributed by atoms with Crippen LogP contribution >= 0.6 is 0 Å². The van der Waals surface area contributed by atoms with Gasteiger partial charge in [-0.3, -0.25) is 0 Å². The number of nitrogens with zero attached hydrogens (tertiary/aromatic N) is 2. The van der Waals surface area contributed by atoms with Gasteiger partial charge in [-0.05, 0) is 93.9 Å². The van der Waals surface area contributed by atoms with E-state index in [1.54, 1.807) is 0 Å². The molecule has 0 atom stereocenters. The van der Waals surface area contributed by atoms with Crippen LogP contribution in [0.3, 0.4) is 0 Å². The molecule has 0 N–H and O–H groups in total. The molecule has 0 aliphatic carbocycles. The minimum Gasteiger partial charge on any atom is -0.496 e. The molecule has 4 nitrogen and oxygen atoms in total. The largest absolute Gasteiger partial charge is 0.496 e. The van der Waals surface area contributed by atoms with Crippen molar-refractivity contribution < 1.29 is 35.8 Å². The van der Waals surface area contributed by atoms with Crippen LogP contribution in [0.15, 0.2) is 24.3 Å². The molecule has 0 radical (unpaired) electrons. The number of alkyl halides is 6. The zero-order chi connectivity index (χ0) is 41.0. The van der Waals surface area contributed by atoms with E-state index in [2.05, 4.69) is 65.2 Å². The van der Waals surface area contributed by atoms with Crippen LogP contribution in [0.25, 0.3) is 24.3 Å². The molecule has 0 saturated carbocycles. The first-order valence-corrected chi connectivity index (χ1v) is 19.6. The SMILES string of the molecule is COc1c(C=Cc2cc(C(F)(F)F)c(C=Cc3cc4c5c(c3OC)C(C)(C)CCN5CCC4(C)C)cc2C(F)(F)F)cc2c3c1C(C)(C)CCN3CCC2(C)C. The van der Waals surface area contributed by atoms with Crippen LogP contribution in [0.5, 0.6) is 11.5 Å².